The van der Waals surface area contributed by atoms with Gasteiger partial charge in [-0.25, -0.2) is 8.78 Å². The van der Waals surface area contributed by atoms with Crippen molar-refractivity contribution in [1.82, 2.24) is 14.8 Å². The van der Waals surface area contributed by atoms with Gasteiger partial charge in [0, 0.05) is 6.07 Å². The van der Waals surface area contributed by atoms with Gasteiger partial charge in [-0.1, -0.05) is 0 Å². The minimum Gasteiger partial charge on any atom is -0.269 e. The van der Waals surface area contributed by atoms with Crippen LogP contribution in [0.5, 0.6) is 0 Å². The second-order valence-corrected chi connectivity index (χ2v) is 2.90. The van der Waals surface area contributed by atoms with E-state index in [-0.39, 0.29) is 11.0 Å². The van der Waals surface area contributed by atoms with E-state index in [9.17, 15) is 8.78 Å². The van der Waals surface area contributed by atoms with E-state index in [1.807, 2.05) is 0 Å². The molecule has 1 aromatic heterocycles. The summed E-state index contributed by atoms with van der Waals surface area (Å²) in [7, 11) is 0. The van der Waals surface area contributed by atoms with Crippen molar-refractivity contribution in [3.8, 4) is 5.69 Å². The van der Waals surface area contributed by atoms with Crippen LogP contribution in [0.4, 0.5) is 8.78 Å². The fraction of sp³-hybridized carbons (Fsp3) is 0. The van der Waals surface area contributed by atoms with Crippen molar-refractivity contribution in [2.75, 3.05) is 0 Å². The van der Waals surface area contributed by atoms with Gasteiger partial charge in [0.15, 0.2) is 0 Å². The lowest BCUT2D eigenvalue weighted by Gasteiger charge is -2.03. The second kappa shape index (κ2) is 3.34. The Bertz CT molecular complexity index is 469. The van der Waals surface area contributed by atoms with Gasteiger partial charge in [0.1, 0.15) is 18.0 Å². The van der Waals surface area contributed by atoms with Gasteiger partial charge in [0.05, 0.1) is 5.69 Å². The highest BCUT2D eigenvalue weighted by Crippen LogP contribution is 2.17. The SMILES string of the molecule is Fc1ccc(-n2cnnc2Cl)c(F)c1. The van der Waals surface area contributed by atoms with E-state index < -0.39 is 11.6 Å². The van der Waals surface area contributed by atoms with Crippen molar-refractivity contribution < 1.29 is 8.78 Å². The van der Waals surface area contributed by atoms with Gasteiger partial charge in [-0.05, 0) is 23.7 Å². The molecule has 0 aliphatic rings. The van der Waals surface area contributed by atoms with Crippen molar-refractivity contribution in [3.63, 3.8) is 0 Å². The first-order valence-electron chi connectivity index (χ1n) is 3.69. The minimum atomic E-state index is -0.716. The van der Waals surface area contributed by atoms with E-state index in [2.05, 4.69) is 10.2 Å². The Morgan fingerprint density at radius 1 is 1.29 bits per heavy atom. The summed E-state index contributed by atoms with van der Waals surface area (Å²) in [6.07, 6.45) is 1.25. The Kier molecular flexibility index (Phi) is 2.17. The molecule has 1 aromatic carbocycles. The lowest BCUT2D eigenvalue weighted by atomic mass is 10.3. The van der Waals surface area contributed by atoms with E-state index in [1.54, 1.807) is 0 Å². The van der Waals surface area contributed by atoms with Crippen LogP contribution >= 0.6 is 11.6 Å². The van der Waals surface area contributed by atoms with E-state index in [4.69, 9.17) is 11.6 Å². The lowest BCUT2D eigenvalue weighted by Crippen LogP contribution is -1.96. The van der Waals surface area contributed by atoms with Crippen molar-refractivity contribution in [1.29, 1.82) is 0 Å². The Labute approximate surface area is 82.9 Å². The van der Waals surface area contributed by atoms with Crippen LogP contribution in [0.25, 0.3) is 5.69 Å². The Morgan fingerprint density at radius 3 is 2.64 bits per heavy atom. The molecule has 72 valence electrons. The highest BCUT2D eigenvalue weighted by atomic mass is 35.5. The molecule has 2 aromatic rings. The maximum atomic E-state index is 13.2. The first-order chi connectivity index (χ1) is 6.68. The van der Waals surface area contributed by atoms with Gasteiger partial charge < -0.3 is 0 Å². The standard InChI is InChI=1S/C8H4ClF2N3/c9-8-13-12-4-14(8)7-2-1-5(10)3-6(7)11/h1-4H. The van der Waals surface area contributed by atoms with Crippen LogP contribution in [-0.4, -0.2) is 14.8 Å². The molecule has 0 aliphatic carbocycles. The number of hydrogen-bond donors (Lipinski definition) is 0. The molecule has 0 fully saturated rings. The van der Waals surface area contributed by atoms with Crippen molar-refractivity contribution in [3.05, 3.63) is 41.4 Å². The smallest absolute Gasteiger partial charge is 0.229 e. The molecule has 0 saturated carbocycles. The summed E-state index contributed by atoms with van der Waals surface area (Å²) in [4.78, 5) is 0. The normalized spacial score (nSPS) is 10.5. The predicted octanol–water partition coefficient (Wildman–Crippen LogP) is 2.20. The third-order valence-corrected chi connectivity index (χ3v) is 1.93. The second-order valence-electron chi connectivity index (χ2n) is 2.57. The Morgan fingerprint density at radius 2 is 2.07 bits per heavy atom. The van der Waals surface area contributed by atoms with Crippen LogP contribution in [-0.2, 0) is 0 Å². The average molecular weight is 216 g/mol. The van der Waals surface area contributed by atoms with E-state index in [1.165, 1.54) is 17.0 Å². The topological polar surface area (TPSA) is 30.7 Å². The number of rotatable bonds is 1. The molecule has 0 atom stereocenters. The van der Waals surface area contributed by atoms with E-state index in [0.717, 1.165) is 12.1 Å². The zero-order valence-electron chi connectivity index (χ0n) is 6.78. The molecular formula is C8H4ClF2N3. The molecule has 2 rings (SSSR count). The largest absolute Gasteiger partial charge is 0.269 e. The van der Waals surface area contributed by atoms with Gasteiger partial charge >= 0.3 is 0 Å². The van der Waals surface area contributed by atoms with Crippen molar-refractivity contribution in [2.45, 2.75) is 0 Å². The molecule has 0 N–H and O–H groups in total. The number of benzene rings is 1. The molecule has 3 nitrogen and oxygen atoms in total. The number of hydrogen-bond acceptors (Lipinski definition) is 2. The highest BCUT2D eigenvalue weighted by molar-refractivity contribution is 6.28. The van der Waals surface area contributed by atoms with Crippen molar-refractivity contribution >= 4 is 11.6 Å². The summed E-state index contributed by atoms with van der Waals surface area (Å²) < 4.78 is 27.0. The monoisotopic (exact) mass is 215 g/mol. The van der Waals surface area contributed by atoms with Crippen LogP contribution in [0, 0.1) is 11.6 Å². The minimum absolute atomic E-state index is 0.0236. The van der Waals surface area contributed by atoms with Gasteiger partial charge in [-0.15, -0.1) is 10.2 Å². The van der Waals surface area contributed by atoms with Crippen LogP contribution in [0.15, 0.2) is 24.5 Å². The molecule has 0 amide bonds. The first-order valence-corrected chi connectivity index (χ1v) is 4.07. The molecule has 0 bridgehead atoms. The summed E-state index contributed by atoms with van der Waals surface area (Å²) >= 11 is 5.62. The summed E-state index contributed by atoms with van der Waals surface area (Å²) in [5.74, 6) is -1.36. The van der Waals surface area contributed by atoms with E-state index >= 15 is 0 Å². The molecule has 0 unspecified atom stereocenters. The van der Waals surface area contributed by atoms with E-state index in [0.29, 0.717) is 0 Å². The summed E-state index contributed by atoms with van der Waals surface area (Å²) in [6, 6.07) is 3.17. The zero-order chi connectivity index (χ0) is 10.1. The van der Waals surface area contributed by atoms with Gasteiger partial charge in [0.25, 0.3) is 0 Å². The van der Waals surface area contributed by atoms with Crippen LogP contribution < -0.4 is 0 Å². The summed E-state index contributed by atoms with van der Waals surface area (Å²) in [5, 5.41) is 6.98. The third-order valence-electron chi connectivity index (χ3n) is 1.68. The quantitative estimate of drug-likeness (QED) is 0.730. The molecule has 1 heterocycles. The number of nitrogens with zero attached hydrogens (tertiary/aromatic N) is 3. The molecule has 0 spiro atoms. The molecule has 0 saturated heterocycles. The molecular weight excluding hydrogens is 212 g/mol. The molecule has 0 radical (unpaired) electrons. The fourth-order valence-corrected chi connectivity index (χ4v) is 1.24. The van der Waals surface area contributed by atoms with Crippen LogP contribution in [0.2, 0.25) is 5.28 Å². The first kappa shape index (κ1) is 9.08. The fourth-order valence-electron chi connectivity index (χ4n) is 1.06. The molecule has 0 aliphatic heterocycles. The summed E-state index contributed by atoms with van der Waals surface area (Å²) in [6.45, 7) is 0. The maximum Gasteiger partial charge on any atom is 0.229 e. The highest BCUT2D eigenvalue weighted by Gasteiger charge is 2.09. The summed E-state index contributed by atoms with van der Waals surface area (Å²) in [5.41, 5.74) is 0.112. The number of halogens is 3. The van der Waals surface area contributed by atoms with Gasteiger partial charge in [-0.3, -0.25) is 4.57 Å². The zero-order valence-corrected chi connectivity index (χ0v) is 7.54. The predicted molar refractivity (Wildman–Crippen MR) is 46.3 cm³/mol. The molecule has 6 heteroatoms. The van der Waals surface area contributed by atoms with Crippen molar-refractivity contribution in [2.24, 2.45) is 0 Å². The van der Waals surface area contributed by atoms with Gasteiger partial charge in [0.2, 0.25) is 5.28 Å². The average Bonchev–Trinajstić information content (AvgIpc) is 2.52. The Hall–Kier alpha value is -1.49. The third kappa shape index (κ3) is 1.46. The molecule has 14 heavy (non-hydrogen) atoms. The Balaban J connectivity index is 2.58. The maximum absolute atomic E-state index is 13.2. The van der Waals surface area contributed by atoms with Gasteiger partial charge in [-0.2, -0.15) is 0 Å². The van der Waals surface area contributed by atoms with Crippen LogP contribution in [0.1, 0.15) is 0 Å². The van der Waals surface area contributed by atoms with Crippen LogP contribution in [0.3, 0.4) is 0 Å². The number of aromatic nitrogens is 3. The lowest BCUT2D eigenvalue weighted by molar-refractivity contribution is 0.577.